The normalized spacial score (nSPS) is 15.8. The van der Waals surface area contributed by atoms with E-state index in [1.807, 2.05) is 61.5 Å². The van der Waals surface area contributed by atoms with Crippen LogP contribution in [0.1, 0.15) is 18.4 Å². The Morgan fingerprint density at radius 3 is 2.68 bits per heavy atom. The topological polar surface area (TPSA) is 80.8 Å². The Morgan fingerprint density at radius 2 is 1.94 bits per heavy atom. The number of rotatable bonds is 7. The lowest BCUT2D eigenvalue weighted by molar-refractivity contribution is -0.134. The van der Waals surface area contributed by atoms with Crippen LogP contribution in [0, 0.1) is 0 Å². The molecule has 1 amide bonds. The summed E-state index contributed by atoms with van der Waals surface area (Å²) in [6, 6.07) is 15.5. The fraction of sp³-hybridized carbons (Fsp3) is 0.346. The van der Waals surface area contributed by atoms with Crippen LogP contribution in [-0.2, 0) is 22.6 Å². The number of carbonyl (C=O) groups is 1. The number of aromatic nitrogens is 2. The van der Waals surface area contributed by atoms with E-state index in [0.717, 1.165) is 36.1 Å². The molecule has 1 atom stereocenters. The van der Waals surface area contributed by atoms with Gasteiger partial charge >= 0.3 is 0 Å². The first-order valence-electron chi connectivity index (χ1n) is 11.5. The molecule has 8 nitrogen and oxygen atoms in total. The number of fused-ring (bicyclic) bond motifs is 3. The van der Waals surface area contributed by atoms with E-state index in [4.69, 9.17) is 9.15 Å². The van der Waals surface area contributed by atoms with E-state index in [-0.39, 0.29) is 29.7 Å². The SMILES string of the molecule is CN(C)c1ccc(CN(CC2CCCO2)C(=O)Cn2cnc3c(oc4ccccc43)c2=O)cc1. The Kier molecular flexibility index (Phi) is 6.06. The van der Waals surface area contributed by atoms with Crippen molar-refractivity contribution in [1.29, 1.82) is 0 Å². The minimum Gasteiger partial charge on any atom is -0.448 e. The van der Waals surface area contributed by atoms with Crippen molar-refractivity contribution in [3.63, 3.8) is 0 Å². The summed E-state index contributed by atoms with van der Waals surface area (Å²) >= 11 is 0. The molecule has 176 valence electrons. The molecule has 0 saturated carbocycles. The highest BCUT2D eigenvalue weighted by Crippen LogP contribution is 2.24. The molecule has 1 fully saturated rings. The summed E-state index contributed by atoms with van der Waals surface area (Å²) in [6.45, 7) is 1.54. The zero-order valence-corrected chi connectivity index (χ0v) is 19.4. The van der Waals surface area contributed by atoms with Gasteiger partial charge in [0.05, 0.1) is 12.4 Å². The monoisotopic (exact) mass is 460 g/mol. The van der Waals surface area contributed by atoms with Crippen molar-refractivity contribution in [3.8, 4) is 0 Å². The molecule has 0 radical (unpaired) electrons. The number of anilines is 1. The number of para-hydroxylation sites is 1. The van der Waals surface area contributed by atoms with Crippen LogP contribution in [0.4, 0.5) is 5.69 Å². The number of benzene rings is 2. The van der Waals surface area contributed by atoms with Crippen LogP contribution >= 0.6 is 0 Å². The second kappa shape index (κ2) is 9.30. The Morgan fingerprint density at radius 1 is 1.15 bits per heavy atom. The largest absolute Gasteiger partial charge is 0.448 e. The van der Waals surface area contributed by atoms with Gasteiger partial charge in [-0.3, -0.25) is 14.2 Å². The van der Waals surface area contributed by atoms with Crippen LogP contribution in [0.5, 0.6) is 0 Å². The lowest BCUT2D eigenvalue weighted by Crippen LogP contribution is -2.40. The smallest absolute Gasteiger partial charge is 0.297 e. The number of ether oxygens (including phenoxy) is 1. The molecule has 1 unspecified atom stereocenters. The maximum absolute atomic E-state index is 13.4. The molecule has 2 aromatic carbocycles. The third-order valence-corrected chi connectivity index (χ3v) is 6.28. The van der Waals surface area contributed by atoms with Gasteiger partial charge in [0.2, 0.25) is 11.5 Å². The highest BCUT2D eigenvalue weighted by Gasteiger charge is 2.24. The van der Waals surface area contributed by atoms with Crippen molar-refractivity contribution in [1.82, 2.24) is 14.5 Å². The molecule has 0 bridgehead atoms. The van der Waals surface area contributed by atoms with E-state index in [1.165, 1.54) is 10.9 Å². The molecule has 1 aliphatic heterocycles. The molecule has 5 rings (SSSR count). The van der Waals surface area contributed by atoms with Crippen molar-refractivity contribution in [2.45, 2.75) is 32.0 Å². The summed E-state index contributed by atoms with van der Waals surface area (Å²) in [5.74, 6) is -0.161. The number of furan rings is 1. The molecule has 0 spiro atoms. The Hall–Kier alpha value is -3.65. The first-order chi connectivity index (χ1) is 16.5. The summed E-state index contributed by atoms with van der Waals surface area (Å²) in [4.78, 5) is 34.7. The second-order valence-electron chi connectivity index (χ2n) is 8.92. The first-order valence-corrected chi connectivity index (χ1v) is 11.5. The van der Waals surface area contributed by atoms with Crippen LogP contribution in [-0.4, -0.2) is 53.7 Å². The molecule has 1 aliphatic rings. The number of hydrogen-bond acceptors (Lipinski definition) is 6. The van der Waals surface area contributed by atoms with Crippen molar-refractivity contribution < 1.29 is 13.9 Å². The first kappa shape index (κ1) is 22.2. The van der Waals surface area contributed by atoms with Gasteiger partial charge in [-0.05, 0) is 42.7 Å². The van der Waals surface area contributed by atoms with E-state index in [2.05, 4.69) is 4.98 Å². The minimum atomic E-state index is -0.359. The van der Waals surface area contributed by atoms with E-state index >= 15 is 0 Å². The predicted octanol–water partition coefficient (Wildman–Crippen LogP) is 3.42. The maximum atomic E-state index is 13.4. The summed E-state index contributed by atoms with van der Waals surface area (Å²) in [6.07, 6.45) is 3.37. The van der Waals surface area contributed by atoms with Crippen LogP contribution in [0.3, 0.4) is 0 Å². The van der Waals surface area contributed by atoms with Gasteiger partial charge in [0.1, 0.15) is 17.6 Å². The molecule has 4 aromatic rings. The number of nitrogens with zero attached hydrogens (tertiary/aromatic N) is 4. The van der Waals surface area contributed by atoms with E-state index < -0.39 is 0 Å². The summed E-state index contributed by atoms with van der Waals surface area (Å²) < 4.78 is 12.9. The van der Waals surface area contributed by atoms with Crippen LogP contribution in [0.25, 0.3) is 22.1 Å². The molecule has 0 N–H and O–H groups in total. The van der Waals surface area contributed by atoms with Crippen molar-refractivity contribution >= 4 is 33.7 Å². The molecule has 8 heteroatoms. The zero-order chi connectivity index (χ0) is 23.7. The average molecular weight is 461 g/mol. The molecule has 3 heterocycles. The number of carbonyl (C=O) groups excluding carboxylic acids is 1. The van der Waals surface area contributed by atoms with Gasteiger partial charge in [0.25, 0.3) is 5.56 Å². The molecule has 1 saturated heterocycles. The van der Waals surface area contributed by atoms with Gasteiger partial charge in [-0.2, -0.15) is 0 Å². The molecule has 2 aromatic heterocycles. The third kappa shape index (κ3) is 4.41. The molecular formula is C26H28N4O4. The van der Waals surface area contributed by atoms with E-state index in [0.29, 0.717) is 24.2 Å². The standard InChI is InChI=1S/C26H28N4O4/c1-28(2)19-11-9-18(10-12-19)14-29(15-20-6-5-13-33-20)23(31)16-30-17-27-24-21-7-3-4-8-22(21)34-25(24)26(30)32/h3-4,7-12,17,20H,5-6,13-16H2,1-2H3. The quantitative estimate of drug-likeness (QED) is 0.420. The van der Waals surface area contributed by atoms with E-state index in [1.54, 1.807) is 11.0 Å². The van der Waals surface area contributed by atoms with Gasteiger partial charge in [0, 0.05) is 44.9 Å². The predicted molar refractivity (Wildman–Crippen MR) is 131 cm³/mol. The minimum absolute atomic E-state index is 0.0118. The van der Waals surface area contributed by atoms with E-state index in [9.17, 15) is 9.59 Å². The van der Waals surface area contributed by atoms with Crippen LogP contribution in [0.15, 0.2) is 64.1 Å². The van der Waals surface area contributed by atoms with Gasteiger partial charge in [-0.1, -0.05) is 24.3 Å². The Balaban J connectivity index is 1.40. The number of amides is 1. The Labute approximate surface area is 197 Å². The van der Waals surface area contributed by atoms with Crippen LogP contribution in [0.2, 0.25) is 0 Å². The van der Waals surface area contributed by atoms with Crippen molar-refractivity contribution in [2.24, 2.45) is 0 Å². The summed E-state index contributed by atoms with van der Waals surface area (Å²) in [5, 5.41) is 0.786. The Bertz CT molecular complexity index is 1370. The van der Waals surface area contributed by atoms with Gasteiger partial charge in [0.15, 0.2) is 0 Å². The zero-order valence-electron chi connectivity index (χ0n) is 19.4. The molecule has 0 aliphatic carbocycles. The van der Waals surface area contributed by atoms with Crippen molar-refractivity contribution in [2.75, 3.05) is 32.1 Å². The molecule has 34 heavy (non-hydrogen) atoms. The number of hydrogen-bond donors (Lipinski definition) is 0. The van der Waals surface area contributed by atoms with Gasteiger partial charge in [-0.25, -0.2) is 4.98 Å². The second-order valence-corrected chi connectivity index (χ2v) is 8.92. The third-order valence-electron chi connectivity index (χ3n) is 6.28. The van der Waals surface area contributed by atoms with Crippen molar-refractivity contribution in [3.05, 3.63) is 70.8 Å². The highest BCUT2D eigenvalue weighted by atomic mass is 16.5. The maximum Gasteiger partial charge on any atom is 0.297 e. The summed E-state index contributed by atoms with van der Waals surface area (Å²) in [5.41, 5.74) is 3.05. The molecular weight excluding hydrogens is 432 g/mol. The highest BCUT2D eigenvalue weighted by molar-refractivity contribution is 6.01. The average Bonchev–Trinajstić information content (AvgIpc) is 3.49. The lowest BCUT2D eigenvalue weighted by atomic mass is 10.1. The van der Waals surface area contributed by atoms with Gasteiger partial charge < -0.3 is 19.0 Å². The van der Waals surface area contributed by atoms with Crippen LogP contribution < -0.4 is 10.5 Å². The fourth-order valence-electron chi connectivity index (χ4n) is 4.38. The lowest BCUT2D eigenvalue weighted by Gasteiger charge is -2.26. The fourth-order valence-corrected chi connectivity index (χ4v) is 4.38. The summed E-state index contributed by atoms with van der Waals surface area (Å²) in [7, 11) is 3.99. The van der Waals surface area contributed by atoms with Gasteiger partial charge in [-0.15, -0.1) is 0 Å².